The summed E-state index contributed by atoms with van der Waals surface area (Å²) in [6.45, 7) is 1.59. The Balaban J connectivity index is 2.32. The number of nitriles is 1. The Labute approximate surface area is 121 Å². The van der Waals surface area contributed by atoms with Crippen molar-refractivity contribution in [3.05, 3.63) is 47.2 Å². The van der Waals surface area contributed by atoms with Gasteiger partial charge in [-0.1, -0.05) is 0 Å². The van der Waals surface area contributed by atoms with Crippen molar-refractivity contribution in [2.75, 3.05) is 7.11 Å². The van der Waals surface area contributed by atoms with Crippen LogP contribution >= 0.6 is 0 Å². The first-order valence-electron chi connectivity index (χ1n) is 6.01. The fraction of sp³-hybridized carbons (Fsp3) is 0.133. The normalized spacial score (nSPS) is 9.76. The average Bonchev–Trinajstić information content (AvgIpc) is 2.46. The molecule has 1 heterocycles. The highest BCUT2D eigenvalue weighted by atomic mass is 16.5. The maximum absolute atomic E-state index is 10.9. The molecule has 0 aliphatic rings. The molecular formula is C15H12N2O4. The molecule has 1 aromatic heterocycles. The SMILES string of the molecule is COc1cc(C#N)cc(Oc2ccc(C(=O)O)c(C)n2)c1. The topological polar surface area (TPSA) is 92.4 Å². The first-order valence-corrected chi connectivity index (χ1v) is 6.01. The third-order valence-corrected chi connectivity index (χ3v) is 2.76. The van der Waals surface area contributed by atoms with E-state index in [0.717, 1.165) is 0 Å². The van der Waals surface area contributed by atoms with Crippen LogP contribution in [0.15, 0.2) is 30.3 Å². The molecule has 0 atom stereocenters. The van der Waals surface area contributed by atoms with Crippen LogP contribution in [-0.4, -0.2) is 23.2 Å². The number of aromatic nitrogens is 1. The molecule has 0 radical (unpaired) electrons. The molecule has 0 unspecified atom stereocenters. The van der Waals surface area contributed by atoms with Gasteiger partial charge in [-0.2, -0.15) is 5.26 Å². The highest BCUT2D eigenvalue weighted by molar-refractivity contribution is 5.88. The molecule has 0 saturated carbocycles. The first kappa shape index (κ1) is 14.3. The highest BCUT2D eigenvalue weighted by Crippen LogP contribution is 2.26. The molecule has 21 heavy (non-hydrogen) atoms. The van der Waals surface area contributed by atoms with E-state index < -0.39 is 5.97 Å². The number of aromatic carboxylic acids is 1. The van der Waals surface area contributed by atoms with E-state index in [1.165, 1.54) is 19.2 Å². The van der Waals surface area contributed by atoms with E-state index in [4.69, 9.17) is 19.8 Å². The quantitative estimate of drug-likeness (QED) is 0.928. The smallest absolute Gasteiger partial charge is 0.337 e. The van der Waals surface area contributed by atoms with Gasteiger partial charge in [-0.25, -0.2) is 9.78 Å². The number of carboxylic acids is 1. The Kier molecular flexibility index (Phi) is 4.05. The summed E-state index contributed by atoms with van der Waals surface area (Å²) >= 11 is 0. The minimum absolute atomic E-state index is 0.116. The highest BCUT2D eigenvalue weighted by Gasteiger charge is 2.10. The van der Waals surface area contributed by atoms with Gasteiger partial charge in [0.1, 0.15) is 11.5 Å². The predicted octanol–water partition coefficient (Wildman–Crippen LogP) is 2.76. The lowest BCUT2D eigenvalue weighted by molar-refractivity contribution is 0.0695. The van der Waals surface area contributed by atoms with Crippen LogP contribution in [0.1, 0.15) is 21.6 Å². The molecular weight excluding hydrogens is 272 g/mol. The molecule has 0 fully saturated rings. The van der Waals surface area contributed by atoms with Crippen molar-refractivity contribution >= 4 is 5.97 Å². The van der Waals surface area contributed by atoms with E-state index in [-0.39, 0.29) is 11.4 Å². The summed E-state index contributed by atoms with van der Waals surface area (Å²) in [6, 6.07) is 9.63. The Hall–Kier alpha value is -3.07. The second-order valence-electron chi connectivity index (χ2n) is 4.20. The van der Waals surface area contributed by atoms with Gasteiger partial charge < -0.3 is 14.6 Å². The summed E-state index contributed by atoms with van der Waals surface area (Å²) in [6.07, 6.45) is 0. The summed E-state index contributed by atoms with van der Waals surface area (Å²) in [5, 5.41) is 17.9. The van der Waals surface area contributed by atoms with Gasteiger partial charge in [-0.3, -0.25) is 0 Å². The molecule has 2 rings (SSSR count). The number of benzene rings is 1. The van der Waals surface area contributed by atoms with Gasteiger partial charge in [0, 0.05) is 12.1 Å². The van der Waals surface area contributed by atoms with Crippen LogP contribution in [0.4, 0.5) is 0 Å². The van der Waals surface area contributed by atoms with Gasteiger partial charge >= 0.3 is 5.97 Å². The molecule has 0 spiro atoms. The Morgan fingerprint density at radius 3 is 2.57 bits per heavy atom. The zero-order valence-corrected chi connectivity index (χ0v) is 11.5. The van der Waals surface area contributed by atoms with Crippen LogP contribution in [0.25, 0.3) is 0 Å². The Bertz CT molecular complexity index is 735. The van der Waals surface area contributed by atoms with Crippen molar-refractivity contribution in [3.63, 3.8) is 0 Å². The summed E-state index contributed by atoms with van der Waals surface area (Å²) in [5.74, 6) is 0.0816. The van der Waals surface area contributed by atoms with Gasteiger partial charge in [-0.15, -0.1) is 0 Å². The fourth-order valence-electron chi connectivity index (χ4n) is 1.75. The number of ether oxygens (including phenoxy) is 2. The summed E-state index contributed by atoms with van der Waals surface area (Å²) in [4.78, 5) is 15.0. The van der Waals surface area contributed by atoms with Crippen molar-refractivity contribution in [1.82, 2.24) is 4.98 Å². The van der Waals surface area contributed by atoms with E-state index in [2.05, 4.69) is 4.98 Å². The second kappa shape index (κ2) is 5.92. The number of carboxylic acid groups (broad SMARTS) is 1. The van der Waals surface area contributed by atoms with Crippen molar-refractivity contribution in [3.8, 4) is 23.4 Å². The van der Waals surface area contributed by atoms with Crippen molar-refractivity contribution < 1.29 is 19.4 Å². The maximum atomic E-state index is 10.9. The number of aryl methyl sites for hydroxylation is 1. The Morgan fingerprint density at radius 1 is 1.29 bits per heavy atom. The molecule has 1 N–H and O–H groups in total. The zero-order valence-electron chi connectivity index (χ0n) is 11.5. The number of methoxy groups -OCH3 is 1. The average molecular weight is 284 g/mol. The molecule has 0 aliphatic heterocycles. The van der Waals surface area contributed by atoms with Crippen molar-refractivity contribution in [2.45, 2.75) is 6.92 Å². The molecule has 106 valence electrons. The van der Waals surface area contributed by atoms with E-state index in [9.17, 15) is 4.79 Å². The fourth-order valence-corrected chi connectivity index (χ4v) is 1.75. The molecule has 6 heteroatoms. The first-order chi connectivity index (χ1) is 10.0. The number of nitrogens with zero attached hydrogens (tertiary/aromatic N) is 2. The van der Waals surface area contributed by atoms with Crippen LogP contribution in [0, 0.1) is 18.3 Å². The standard InChI is InChI=1S/C15H12N2O4/c1-9-13(15(18)19)3-4-14(17-9)21-12-6-10(8-16)5-11(7-12)20-2/h3-7H,1-2H3,(H,18,19). The predicted molar refractivity (Wildman–Crippen MR) is 73.7 cm³/mol. The minimum Gasteiger partial charge on any atom is -0.497 e. The van der Waals surface area contributed by atoms with Crippen LogP contribution in [0.2, 0.25) is 0 Å². The maximum Gasteiger partial charge on any atom is 0.337 e. The number of hydrogen-bond acceptors (Lipinski definition) is 5. The molecule has 1 aromatic carbocycles. The van der Waals surface area contributed by atoms with Gasteiger partial charge in [0.25, 0.3) is 0 Å². The third kappa shape index (κ3) is 3.28. The summed E-state index contributed by atoms with van der Waals surface area (Å²) in [5.41, 5.74) is 0.859. The number of pyridine rings is 1. The molecule has 0 saturated heterocycles. The number of carbonyl (C=O) groups is 1. The summed E-state index contributed by atoms with van der Waals surface area (Å²) in [7, 11) is 1.49. The van der Waals surface area contributed by atoms with Crippen LogP contribution < -0.4 is 9.47 Å². The molecule has 0 bridgehead atoms. The molecule has 0 amide bonds. The lowest BCUT2D eigenvalue weighted by atomic mass is 10.2. The van der Waals surface area contributed by atoms with E-state index in [0.29, 0.717) is 22.8 Å². The summed E-state index contributed by atoms with van der Waals surface area (Å²) < 4.78 is 10.6. The minimum atomic E-state index is -1.04. The molecule has 2 aromatic rings. The van der Waals surface area contributed by atoms with Gasteiger partial charge in [0.2, 0.25) is 5.88 Å². The van der Waals surface area contributed by atoms with E-state index in [1.54, 1.807) is 25.1 Å². The number of rotatable bonds is 4. The third-order valence-electron chi connectivity index (χ3n) is 2.76. The van der Waals surface area contributed by atoms with Gasteiger partial charge in [0.15, 0.2) is 0 Å². The van der Waals surface area contributed by atoms with Crippen LogP contribution in [0.5, 0.6) is 17.4 Å². The monoisotopic (exact) mass is 284 g/mol. The lowest BCUT2D eigenvalue weighted by Crippen LogP contribution is -2.02. The molecule has 6 nitrogen and oxygen atoms in total. The lowest BCUT2D eigenvalue weighted by Gasteiger charge is -2.08. The van der Waals surface area contributed by atoms with Crippen molar-refractivity contribution in [1.29, 1.82) is 5.26 Å². The number of hydrogen-bond donors (Lipinski definition) is 1. The second-order valence-corrected chi connectivity index (χ2v) is 4.20. The zero-order chi connectivity index (χ0) is 15.4. The molecule has 0 aliphatic carbocycles. The van der Waals surface area contributed by atoms with Gasteiger partial charge in [-0.05, 0) is 25.1 Å². The van der Waals surface area contributed by atoms with Crippen LogP contribution in [-0.2, 0) is 0 Å². The van der Waals surface area contributed by atoms with Crippen molar-refractivity contribution in [2.24, 2.45) is 0 Å². The largest absolute Gasteiger partial charge is 0.497 e. The van der Waals surface area contributed by atoms with E-state index in [1.807, 2.05) is 6.07 Å². The van der Waals surface area contributed by atoms with Gasteiger partial charge in [0.05, 0.1) is 30.0 Å². The van der Waals surface area contributed by atoms with Crippen LogP contribution in [0.3, 0.4) is 0 Å². The van der Waals surface area contributed by atoms with E-state index >= 15 is 0 Å². The Morgan fingerprint density at radius 2 is 2.00 bits per heavy atom.